The van der Waals surface area contributed by atoms with Crippen LogP contribution < -0.4 is 0 Å². The van der Waals surface area contributed by atoms with Crippen molar-refractivity contribution >= 4 is 28.8 Å². The number of halogens is 2. The lowest BCUT2D eigenvalue weighted by Gasteiger charge is -2.31. The van der Waals surface area contributed by atoms with E-state index in [1.807, 2.05) is 17.5 Å². The van der Waals surface area contributed by atoms with E-state index in [2.05, 4.69) is 10.2 Å². The van der Waals surface area contributed by atoms with Gasteiger partial charge in [-0.2, -0.15) is 0 Å². The molecule has 134 valence electrons. The standard InChI is InChI=1S/C18H15ClFN3O2S/c19-12-5-1-6-13(20)15(12)18(24)23-8-2-4-11(10-23)16-21-22-17(25-16)14-7-3-9-26-14/h1,3,5-7,9,11H,2,4,8,10H2. The molecule has 0 saturated carbocycles. The number of likely N-dealkylation sites (tertiary alicyclic amines) is 1. The maximum absolute atomic E-state index is 14.1. The van der Waals surface area contributed by atoms with Crippen molar-refractivity contribution in [3.63, 3.8) is 0 Å². The van der Waals surface area contributed by atoms with Crippen molar-refractivity contribution in [2.45, 2.75) is 18.8 Å². The maximum atomic E-state index is 14.1. The minimum Gasteiger partial charge on any atom is -0.420 e. The third kappa shape index (κ3) is 3.24. The summed E-state index contributed by atoms with van der Waals surface area (Å²) < 4.78 is 19.9. The molecule has 1 atom stereocenters. The predicted molar refractivity (Wildman–Crippen MR) is 96.9 cm³/mol. The summed E-state index contributed by atoms with van der Waals surface area (Å²) in [6.07, 6.45) is 1.61. The van der Waals surface area contributed by atoms with Crippen LogP contribution in [0.3, 0.4) is 0 Å². The lowest BCUT2D eigenvalue weighted by atomic mass is 9.97. The van der Waals surface area contributed by atoms with E-state index in [1.165, 1.54) is 29.5 Å². The van der Waals surface area contributed by atoms with Gasteiger partial charge in [-0.3, -0.25) is 4.79 Å². The molecule has 0 aliphatic carbocycles. The summed E-state index contributed by atoms with van der Waals surface area (Å²) >= 11 is 7.56. The van der Waals surface area contributed by atoms with Gasteiger partial charge in [-0.25, -0.2) is 4.39 Å². The van der Waals surface area contributed by atoms with Crippen molar-refractivity contribution < 1.29 is 13.6 Å². The van der Waals surface area contributed by atoms with E-state index in [0.717, 1.165) is 17.7 Å². The van der Waals surface area contributed by atoms with E-state index in [4.69, 9.17) is 16.0 Å². The van der Waals surface area contributed by atoms with Gasteiger partial charge in [0.15, 0.2) is 0 Å². The molecule has 0 radical (unpaired) electrons. The van der Waals surface area contributed by atoms with Crippen molar-refractivity contribution in [3.8, 4) is 10.8 Å². The normalized spacial score (nSPS) is 17.5. The number of aromatic nitrogens is 2. The number of carbonyl (C=O) groups is 1. The summed E-state index contributed by atoms with van der Waals surface area (Å²) in [5.41, 5.74) is -0.0837. The van der Waals surface area contributed by atoms with Gasteiger partial charge in [0, 0.05) is 13.1 Å². The predicted octanol–water partition coefficient (Wildman–Crippen LogP) is 4.61. The van der Waals surface area contributed by atoms with Crippen LogP contribution in [0.4, 0.5) is 4.39 Å². The molecular weight excluding hydrogens is 377 g/mol. The van der Waals surface area contributed by atoms with E-state index < -0.39 is 11.7 Å². The molecule has 1 unspecified atom stereocenters. The number of thiophene rings is 1. The molecule has 26 heavy (non-hydrogen) atoms. The van der Waals surface area contributed by atoms with Crippen LogP contribution in [0.1, 0.15) is 35.0 Å². The van der Waals surface area contributed by atoms with E-state index in [9.17, 15) is 9.18 Å². The van der Waals surface area contributed by atoms with Gasteiger partial charge in [0.25, 0.3) is 11.8 Å². The zero-order valence-corrected chi connectivity index (χ0v) is 15.3. The maximum Gasteiger partial charge on any atom is 0.258 e. The highest BCUT2D eigenvalue weighted by Gasteiger charge is 2.31. The van der Waals surface area contributed by atoms with Crippen LogP contribution in [0.25, 0.3) is 10.8 Å². The number of piperidine rings is 1. The van der Waals surface area contributed by atoms with E-state index >= 15 is 0 Å². The van der Waals surface area contributed by atoms with Gasteiger partial charge in [0.1, 0.15) is 5.82 Å². The van der Waals surface area contributed by atoms with Crippen LogP contribution in [0, 0.1) is 5.82 Å². The minimum absolute atomic E-state index is 0.0699. The van der Waals surface area contributed by atoms with Crippen LogP contribution in [0.2, 0.25) is 5.02 Å². The Balaban J connectivity index is 1.54. The number of amides is 1. The summed E-state index contributed by atoms with van der Waals surface area (Å²) in [6, 6.07) is 8.08. The van der Waals surface area contributed by atoms with Crippen molar-refractivity contribution in [1.82, 2.24) is 15.1 Å². The third-order valence-electron chi connectivity index (χ3n) is 4.41. The van der Waals surface area contributed by atoms with E-state index in [-0.39, 0.29) is 16.5 Å². The van der Waals surface area contributed by atoms with Gasteiger partial charge in [0.2, 0.25) is 5.89 Å². The van der Waals surface area contributed by atoms with Gasteiger partial charge >= 0.3 is 0 Å². The molecule has 3 aromatic rings. The summed E-state index contributed by atoms with van der Waals surface area (Å²) in [6.45, 7) is 0.946. The molecule has 5 nitrogen and oxygen atoms in total. The molecule has 1 saturated heterocycles. The quantitative estimate of drug-likeness (QED) is 0.654. The molecule has 3 heterocycles. The monoisotopic (exact) mass is 391 g/mol. The Morgan fingerprint density at radius 2 is 2.19 bits per heavy atom. The Bertz CT molecular complexity index is 908. The van der Waals surface area contributed by atoms with Crippen molar-refractivity contribution in [2.24, 2.45) is 0 Å². The molecular formula is C18H15ClFN3O2S. The zero-order valence-electron chi connectivity index (χ0n) is 13.7. The Labute approximate surface area is 158 Å². The van der Waals surface area contributed by atoms with Gasteiger partial charge in [0.05, 0.1) is 21.4 Å². The van der Waals surface area contributed by atoms with Crippen molar-refractivity contribution in [1.29, 1.82) is 0 Å². The Morgan fingerprint density at radius 3 is 2.96 bits per heavy atom. The average Bonchev–Trinajstić information content (AvgIpc) is 3.33. The second-order valence-corrected chi connectivity index (χ2v) is 7.46. The highest BCUT2D eigenvalue weighted by Crippen LogP contribution is 2.31. The summed E-state index contributed by atoms with van der Waals surface area (Å²) in [4.78, 5) is 15.3. The lowest BCUT2D eigenvalue weighted by molar-refractivity contribution is 0.0694. The Hall–Kier alpha value is -2.25. The van der Waals surface area contributed by atoms with Crippen LogP contribution in [-0.2, 0) is 0 Å². The lowest BCUT2D eigenvalue weighted by Crippen LogP contribution is -2.39. The smallest absolute Gasteiger partial charge is 0.258 e. The van der Waals surface area contributed by atoms with Crippen molar-refractivity contribution in [2.75, 3.05) is 13.1 Å². The number of hydrogen-bond donors (Lipinski definition) is 0. The summed E-state index contributed by atoms with van der Waals surface area (Å²) in [5.74, 6) is -0.0984. The third-order valence-corrected chi connectivity index (χ3v) is 5.58. The molecule has 1 aromatic carbocycles. The number of carbonyl (C=O) groups excluding carboxylic acids is 1. The molecule has 0 spiro atoms. The van der Waals surface area contributed by atoms with Gasteiger partial charge in [-0.15, -0.1) is 21.5 Å². The molecule has 1 aliphatic heterocycles. The van der Waals surface area contributed by atoms with Crippen LogP contribution in [-0.4, -0.2) is 34.1 Å². The number of nitrogens with zero attached hydrogens (tertiary/aromatic N) is 3. The number of hydrogen-bond acceptors (Lipinski definition) is 5. The summed E-state index contributed by atoms with van der Waals surface area (Å²) in [5, 5.41) is 10.3. The zero-order chi connectivity index (χ0) is 18.1. The number of benzene rings is 1. The van der Waals surface area contributed by atoms with E-state index in [0.29, 0.717) is 24.9 Å². The Kier molecular flexibility index (Phi) is 4.74. The number of rotatable bonds is 3. The van der Waals surface area contributed by atoms with Crippen molar-refractivity contribution in [3.05, 3.63) is 58.0 Å². The molecule has 2 aromatic heterocycles. The van der Waals surface area contributed by atoms with Crippen LogP contribution in [0.15, 0.2) is 40.1 Å². The largest absolute Gasteiger partial charge is 0.420 e. The fraction of sp³-hybridized carbons (Fsp3) is 0.278. The van der Waals surface area contributed by atoms with Gasteiger partial charge in [-0.1, -0.05) is 23.7 Å². The van der Waals surface area contributed by atoms with Crippen LogP contribution in [0.5, 0.6) is 0 Å². The first-order valence-electron chi connectivity index (χ1n) is 8.24. The van der Waals surface area contributed by atoms with Crippen LogP contribution >= 0.6 is 22.9 Å². The second-order valence-electron chi connectivity index (χ2n) is 6.11. The fourth-order valence-corrected chi connectivity index (χ4v) is 4.01. The first-order chi connectivity index (χ1) is 12.6. The molecule has 0 bridgehead atoms. The molecule has 1 fully saturated rings. The first kappa shape index (κ1) is 17.2. The fourth-order valence-electron chi connectivity index (χ4n) is 3.12. The summed E-state index contributed by atoms with van der Waals surface area (Å²) in [7, 11) is 0. The van der Waals surface area contributed by atoms with E-state index in [1.54, 1.807) is 4.90 Å². The topological polar surface area (TPSA) is 59.2 Å². The highest BCUT2D eigenvalue weighted by atomic mass is 35.5. The minimum atomic E-state index is -0.609. The molecule has 0 N–H and O–H groups in total. The second kappa shape index (κ2) is 7.17. The first-order valence-corrected chi connectivity index (χ1v) is 9.50. The molecule has 4 rings (SSSR count). The molecule has 1 aliphatic rings. The average molecular weight is 392 g/mol. The molecule has 1 amide bonds. The van der Waals surface area contributed by atoms with Gasteiger partial charge < -0.3 is 9.32 Å². The van der Waals surface area contributed by atoms with Gasteiger partial charge in [-0.05, 0) is 36.4 Å². The molecule has 8 heteroatoms. The Morgan fingerprint density at radius 1 is 1.31 bits per heavy atom. The highest BCUT2D eigenvalue weighted by molar-refractivity contribution is 7.13. The SMILES string of the molecule is O=C(c1c(F)cccc1Cl)N1CCCC(c2nnc(-c3cccs3)o2)C1.